The molecule has 0 radical (unpaired) electrons. The van der Waals surface area contributed by atoms with E-state index in [0.29, 0.717) is 12.4 Å². The van der Waals surface area contributed by atoms with Crippen molar-refractivity contribution in [3.63, 3.8) is 0 Å². The van der Waals surface area contributed by atoms with Crippen LogP contribution < -0.4 is 15.2 Å². The molecule has 0 amide bonds. The number of aromatic nitrogens is 2. The fraction of sp³-hybridized carbons (Fsp3) is 0.267. The lowest BCUT2D eigenvalue weighted by Gasteiger charge is -2.36. The summed E-state index contributed by atoms with van der Waals surface area (Å²) in [6, 6.07) is 26.1. The van der Waals surface area contributed by atoms with Gasteiger partial charge >= 0.3 is 5.56 Å². The zero-order chi connectivity index (χ0) is 24.9. The van der Waals surface area contributed by atoms with Crippen LogP contribution in [-0.2, 0) is 13.2 Å². The Morgan fingerprint density at radius 1 is 0.806 bits per heavy atom. The van der Waals surface area contributed by atoms with Gasteiger partial charge in [0.1, 0.15) is 12.3 Å². The summed E-state index contributed by atoms with van der Waals surface area (Å²) in [5.41, 5.74) is 6.20. The highest BCUT2D eigenvalue weighted by atomic mass is 16.5. The van der Waals surface area contributed by atoms with Crippen LogP contribution in [0, 0.1) is 13.8 Å². The maximum atomic E-state index is 13.6. The van der Waals surface area contributed by atoms with Crippen molar-refractivity contribution in [1.29, 1.82) is 0 Å². The molecule has 6 nitrogen and oxygen atoms in total. The summed E-state index contributed by atoms with van der Waals surface area (Å²) < 4.78 is 7.61. The van der Waals surface area contributed by atoms with Crippen molar-refractivity contribution in [2.24, 2.45) is 0 Å². The summed E-state index contributed by atoms with van der Waals surface area (Å²) in [6.45, 7) is 8.99. The van der Waals surface area contributed by atoms with Crippen LogP contribution in [0.25, 0.3) is 5.69 Å². The normalized spacial score (nSPS) is 14.1. The molecule has 0 N–H and O–H groups in total. The van der Waals surface area contributed by atoms with Crippen molar-refractivity contribution in [3.8, 4) is 11.4 Å². The van der Waals surface area contributed by atoms with E-state index in [1.807, 2.05) is 60.7 Å². The van der Waals surface area contributed by atoms with Gasteiger partial charge in [-0.2, -0.15) is 9.78 Å². The van der Waals surface area contributed by atoms with E-state index >= 15 is 0 Å². The highest BCUT2D eigenvalue weighted by molar-refractivity contribution is 5.57. The molecular weight excluding hydrogens is 448 g/mol. The second-order valence-electron chi connectivity index (χ2n) is 9.44. The third kappa shape index (κ3) is 5.50. The number of piperazine rings is 1. The highest BCUT2D eigenvalue weighted by Gasteiger charge is 2.24. The maximum absolute atomic E-state index is 13.6. The summed E-state index contributed by atoms with van der Waals surface area (Å²) in [6.07, 6.45) is 1.77. The van der Waals surface area contributed by atoms with Crippen LogP contribution in [0.2, 0.25) is 0 Å². The molecule has 0 spiro atoms. The van der Waals surface area contributed by atoms with Crippen LogP contribution in [0.3, 0.4) is 0 Å². The first-order chi connectivity index (χ1) is 17.6. The van der Waals surface area contributed by atoms with E-state index in [2.05, 4.69) is 46.9 Å². The number of rotatable bonds is 7. The Hall–Kier alpha value is -3.90. The Balaban J connectivity index is 1.37. The van der Waals surface area contributed by atoms with Gasteiger partial charge in [-0.15, -0.1) is 0 Å². The number of para-hydroxylation sites is 1. The molecule has 0 aliphatic carbocycles. The molecule has 6 heteroatoms. The number of nitrogens with zero attached hydrogens (tertiary/aromatic N) is 4. The van der Waals surface area contributed by atoms with E-state index < -0.39 is 0 Å². The average Bonchev–Trinajstić information content (AvgIpc) is 2.89. The second-order valence-corrected chi connectivity index (χ2v) is 9.44. The quantitative estimate of drug-likeness (QED) is 0.382. The van der Waals surface area contributed by atoms with Crippen LogP contribution in [0.4, 0.5) is 5.69 Å². The molecule has 1 saturated heterocycles. The summed E-state index contributed by atoms with van der Waals surface area (Å²) in [4.78, 5) is 18.3. The lowest BCUT2D eigenvalue weighted by atomic mass is 10.1. The molecule has 3 aromatic carbocycles. The van der Waals surface area contributed by atoms with Crippen molar-refractivity contribution < 1.29 is 4.74 Å². The van der Waals surface area contributed by atoms with Crippen LogP contribution >= 0.6 is 0 Å². The minimum absolute atomic E-state index is 0.243. The molecule has 1 aromatic heterocycles. The predicted octanol–water partition coefficient (Wildman–Crippen LogP) is 4.75. The number of anilines is 1. The molecule has 184 valence electrons. The smallest absolute Gasteiger partial charge is 0.316 e. The Bertz CT molecular complexity index is 1340. The Morgan fingerprint density at radius 3 is 2.11 bits per heavy atom. The van der Waals surface area contributed by atoms with Crippen LogP contribution in [0.15, 0.2) is 89.9 Å². The van der Waals surface area contributed by atoms with E-state index in [-0.39, 0.29) is 5.56 Å². The van der Waals surface area contributed by atoms with Gasteiger partial charge in [0.25, 0.3) is 0 Å². The third-order valence-electron chi connectivity index (χ3n) is 6.54. The molecule has 4 aromatic rings. The fourth-order valence-corrected chi connectivity index (χ4v) is 4.84. The summed E-state index contributed by atoms with van der Waals surface area (Å²) >= 11 is 0. The molecule has 0 bridgehead atoms. The zero-order valence-corrected chi connectivity index (χ0v) is 20.9. The third-order valence-corrected chi connectivity index (χ3v) is 6.54. The van der Waals surface area contributed by atoms with E-state index in [0.717, 1.165) is 49.7 Å². The first-order valence-corrected chi connectivity index (χ1v) is 12.5. The zero-order valence-electron chi connectivity index (χ0n) is 20.9. The minimum atomic E-state index is -0.243. The number of ether oxygens (including phenoxy) is 1. The lowest BCUT2D eigenvalue weighted by molar-refractivity contribution is 0.247. The lowest BCUT2D eigenvalue weighted by Crippen LogP contribution is -2.46. The molecular formula is C30H32N4O2. The summed E-state index contributed by atoms with van der Waals surface area (Å²) in [7, 11) is 0. The van der Waals surface area contributed by atoms with Crippen molar-refractivity contribution >= 4 is 5.69 Å². The maximum Gasteiger partial charge on any atom is 0.316 e. The van der Waals surface area contributed by atoms with Crippen molar-refractivity contribution in [3.05, 3.63) is 118 Å². The number of aryl methyl sites for hydroxylation is 2. The van der Waals surface area contributed by atoms with Crippen molar-refractivity contribution in [2.75, 3.05) is 31.1 Å². The van der Waals surface area contributed by atoms with E-state index in [4.69, 9.17) is 4.74 Å². The van der Waals surface area contributed by atoms with Gasteiger partial charge in [-0.05, 0) is 37.1 Å². The topological polar surface area (TPSA) is 50.6 Å². The van der Waals surface area contributed by atoms with Crippen LogP contribution in [0.1, 0.15) is 22.3 Å². The van der Waals surface area contributed by atoms with Gasteiger partial charge in [-0.25, -0.2) is 0 Å². The first kappa shape index (κ1) is 23.8. The number of hydrogen-bond donors (Lipinski definition) is 0. The second kappa shape index (κ2) is 10.8. The van der Waals surface area contributed by atoms with E-state index in [1.54, 1.807) is 6.20 Å². The summed E-state index contributed by atoms with van der Waals surface area (Å²) in [5, 5.41) is 4.51. The SMILES string of the molecule is Cc1cc(C)cc(CN2CCN(c3cnn(-c4ccccc4)c(=O)c3OCc3ccccc3)CC2)c1. The monoisotopic (exact) mass is 480 g/mol. The fourth-order valence-electron chi connectivity index (χ4n) is 4.84. The molecule has 2 heterocycles. The Morgan fingerprint density at radius 2 is 1.44 bits per heavy atom. The van der Waals surface area contributed by atoms with Gasteiger partial charge in [0.15, 0.2) is 0 Å². The molecule has 0 saturated carbocycles. The van der Waals surface area contributed by atoms with E-state index in [9.17, 15) is 4.79 Å². The molecule has 1 aliphatic rings. The van der Waals surface area contributed by atoms with Crippen LogP contribution in [-0.4, -0.2) is 40.9 Å². The minimum Gasteiger partial charge on any atom is -0.481 e. The Kier molecular flexibility index (Phi) is 7.14. The van der Waals surface area contributed by atoms with Crippen molar-refractivity contribution in [1.82, 2.24) is 14.7 Å². The first-order valence-electron chi connectivity index (χ1n) is 12.5. The standard InChI is InChI=1S/C30H32N4O2/c1-23-17-24(2)19-26(18-23)21-32-13-15-33(16-14-32)28-20-31-34(27-11-7-4-8-12-27)30(35)29(28)36-22-25-9-5-3-6-10-25/h3-12,17-20H,13-16,21-22H2,1-2H3. The van der Waals surface area contributed by atoms with E-state index in [1.165, 1.54) is 21.4 Å². The number of hydrogen-bond acceptors (Lipinski definition) is 5. The van der Waals surface area contributed by atoms with Gasteiger partial charge < -0.3 is 9.64 Å². The Labute approximate surface area is 212 Å². The average molecular weight is 481 g/mol. The van der Waals surface area contributed by atoms with Gasteiger partial charge in [-0.3, -0.25) is 9.69 Å². The van der Waals surface area contributed by atoms with Crippen LogP contribution in [0.5, 0.6) is 5.75 Å². The molecule has 36 heavy (non-hydrogen) atoms. The highest BCUT2D eigenvalue weighted by Crippen LogP contribution is 2.27. The van der Waals surface area contributed by atoms with Crippen molar-refractivity contribution in [2.45, 2.75) is 27.0 Å². The van der Waals surface area contributed by atoms with Gasteiger partial charge in [0.2, 0.25) is 5.75 Å². The molecule has 0 atom stereocenters. The molecule has 1 aliphatic heterocycles. The molecule has 0 unspecified atom stereocenters. The van der Waals surface area contributed by atoms with Gasteiger partial charge in [0.05, 0.1) is 11.9 Å². The van der Waals surface area contributed by atoms with Gasteiger partial charge in [0, 0.05) is 32.7 Å². The summed E-state index contributed by atoms with van der Waals surface area (Å²) in [5.74, 6) is 0.348. The van der Waals surface area contributed by atoms with Gasteiger partial charge in [-0.1, -0.05) is 77.9 Å². The largest absolute Gasteiger partial charge is 0.481 e. The molecule has 1 fully saturated rings. The number of benzene rings is 3. The predicted molar refractivity (Wildman–Crippen MR) is 144 cm³/mol. The molecule has 5 rings (SSSR count).